The maximum Gasteiger partial charge on any atom is 0.0667 e. The summed E-state index contributed by atoms with van der Waals surface area (Å²) in [5, 5.41) is 3.38. The van der Waals surface area contributed by atoms with Crippen LogP contribution in [0.2, 0.25) is 0 Å². The van der Waals surface area contributed by atoms with Crippen molar-refractivity contribution < 1.29 is 4.74 Å². The molecule has 66 valence electrons. The Morgan fingerprint density at radius 1 is 1.55 bits per heavy atom. The van der Waals surface area contributed by atoms with Crippen LogP contribution in [0, 0.1) is 5.92 Å². The first kappa shape index (κ1) is 9.01. The molecule has 1 N–H and O–H groups in total. The van der Waals surface area contributed by atoms with Crippen molar-refractivity contribution in [2.75, 3.05) is 20.2 Å². The molecule has 0 saturated heterocycles. The van der Waals surface area contributed by atoms with Crippen LogP contribution in [-0.4, -0.2) is 26.3 Å². The predicted molar refractivity (Wildman–Crippen MR) is 46.7 cm³/mol. The minimum absolute atomic E-state index is 0.356. The van der Waals surface area contributed by atoms with Crippen LogP contribution in [0.25, 0.3) is 0 Å². The fourth-order valence-electron chi connectivity index (χ4n) is 1.10. The standard InChI is InChI=1S/C9H19NO/c1-8(11-2)7-10-6-5-9-3-4-9/h8-10H,3-7H2,1-2H3/t8-/m0/s1. The lowest BCUT2D eigenvalue weighted by molar-refractivity contribution is 0.117. The van der Waals surface area contributed by atoms with Crippen LogP contribution < -0.4 is 5.32 Å². The molecule has 2 heteroatoms. The summed E-state index contributed by atoms with van der Waals surface area (Å²) in [4.78, 5) is 0. The fourth-order valence-corrected chi connectivity index (χ4v) is 1.10. The van der Waals surface area contributed by atoms with E-state index in [4.69, 9.17) is 4.74 Å². The zero-order chi connectivity index (χ0) is 8.10. The average molecular weight is 157 g/mol. The minimum atomic E-state index is 0.356. The van der Waals surface area contributed by atoms with Gasteiger partial charge in [-0.1, -0.05) is 12.8 Å². The molecule has 0 aromatic rings. The quantitative estimate of drug-likeness (QED) is 0.589. The van der Waals surface area contributed by atoms with Crippen LogP contribution in [0.4, 0.5) is 0 Å². The van der Waals surface area contributed by atoms with Crippen molar-refractivity contribution in [2.24, 2.45) is 5.92 Å². The highest BCUT2D eigenvalue weighted by Gasteiger charge is 2.19. The van der Waals surface area contributed by atoms with E-state index in [2.05, 4.69) is 12.2 Å². The van der Waals surface area contributed by atoms with E-state index >= 15 is 0 Å². The van der Waals surface area contributed by atoms with Gasteiger partial charge in [-0.2, -0.15) is 0 Å². The summed E-state index contributed by atoms with van der Waals surface area (Å²) in [5.41, 5.74) is 0. The van der Waals surface area contributed by atoms with Gasteiger partial charge in [0.05, 0.1) is 6.10 Å². The molecule has 1 atom stereocenters. The van der Waals surface area contributed by atoms with Crippen molar-refractivity contribution in [2.45, 2.75) is 32.3 Å². The Labute approximate surface area is 69.3 Å². The monoisotopic (exact) mass is 157 g/mol. The maximum atomic E-state index is 5.11. The normalized spacial score (nSPS) is 20.2. The summed E-state index contributed by atoms with van der Waals surface area (Å²) in [5.74, 6) is 1.04. The summed E-state index contributed by atoms with van der Waals surface area (Å²) < 4.78 is 5.11. The van der Waals surface area contributed by atoms with Gasteiger partial charge in [-0.3, -0.25) is 0 Å². The van der Waals surface area contributed by atoms with Gasteiger partial charge in [0.25, 0.3) is 0 Å². The Hall–Kier alpha value is -0.0800. The lowest BCUT2D eigenvalue weighted by Gasteiger charge is -2.09. The lowest BCUT2D eigenvalue weighted by atomic mass is 10.3. The Kier molecular flexibility index (Phi) is 3.87. The van der Waals surface area contributed by atoms with Gasteiger partial charge in [-0.15, -0.1) is 0 Å². The summed E-state index contributed by atoms with van der Waals surface area (Å²) in [7, 11) is 1.76. The van der Waals surface area contributed by atoms with E-state index in [-0.39, 0.29) is 0 Å². The number of hydrogen-bond acceptors (Lipinski definition) is 2. The molecule has 0 unspecified atom stereocenters. The molecule has 2 nitrogen and oxygen atoms in total. The van der Waals surface area contributed by atoms with E-state index in [1.54, 1.807) is 7.11 Å². The summed E-state index contributed by atoms with van der Waals surface area (Å²) in [6.07, 6.45) is 4.63. The molecular weight excluding hydrogens is 138 g/mol. The average Bonchev–Trinajstić information content (AvgIpc) is 2.81. The van der Waals surface area contributed by atoms with Gasteiger partial charge in [0, 0.05) is 13.7 Å². The SMILES string of the molecule is CO[C@@H](C)CNCCC1CC1. The maximum absolute atomic E-state index is 5.11. The molecule has 1 fully saturated rings. The second kappa shape index (κ2) is 4.73. The molecule has 0 aliphatic heterocycles. The Morgan fingerprint density at radius 2 is 2.27 bits per heavy atom. The van der Waals surface area contributed by atoms with Crippen LogP contribution in [-0.2, 0) is 4.74 Å². The first-order chi connectivity index (χ1) is 5.33. The molecule has 0 heterocycles. The topological polar surface area (TPSA) is 21.3 Å². The highest BCUT2D eigenvalue weighted by molar-refractivity contribution is 4.73. The van der Waals surface area contributed by atoms with Crippen LogP contribution in [0.3, 0.4) is 0 Å². The Morgan fingerprint density at radius 3 is 2.82 bits per heavy atom. The summed E-state index contributed by atoms with van der Waals surface area (Å²) in [6, 6.07) is 0. The number of hydrogen-bond donors (Lipinski definition) is 1. The summed E-state index contributed by atoms with van der Waals surface area (Å²) >= 11 is 0. The first-order valence-electron chi connectivity index (χ1n) is 4.56. The third kappa shape index (κ3) is 4.38. The van der Waals surface area contributed by atoms with Gasteiger partial charge in [0.1, 0.15) is 0 Å². The molecule has 1 aliphatic carbocycles. The van der Waals surface area contributed by atoms with E-state index in [0.717, 1.165) is 12.5 Å². The molecule has 11 heavy (non-hydrogen) atoms. The van der Waals surface area contributed by atoms with Crippen molar-refractivity contribution in [3.05, 3.63) is 0 Å². The van der Waals surface area contributed by atoms with Gasteiger partial charge in [-0.25, -0.2) is 0 Å². The van der Waals surface area contributed by atoms with E-state index in [1.165, 1.54) is 25.8 Å². The third-order valence-electron chi connectivity index (χ3n) is 2.26. The van der Waals surface area contributed by atoms with Crippen molar-refractivity contribution in [1.82, 2.24) is 5.32 Å². The molecule has 0 aromatic carbocycles. The zero-order valence-corrected chi connectivity index (χ0v) is 7.60. The number of methoxy groups -OCH3 is 1. The number of ether oxygens (including phenoxy) is 1. The van der Waals surface area contributed by atoms with E-state index < -0.39 is 0 Å². The van der Waals surface area contributed by atoms with Crippen molar-refractivity contribution >= 4 is 0 Å². The molecule has 1 aliphatic rings. The first-order valence-corrected chi connectivity index (χ1v) is 4.56. The van der Waals surface area contributed by atoms with Gasteiger partial charge in [-0.05, 0) is 25.8 Å². The smallest absolute Gasteiger partial charge is 0.0667 e. The lowest BCUT2D eigenvalue weighted by Crippen LogP contribution is -2.26. The molecule has 1 rings (SSSR count). The van der Waals surface area contributed by atoms with Crippen LogP contribution in [0.1, 0.15) is 26.2 Å². The number of nitrogens with one attached hydrogen (secondary N) is 1. The van der Waals surface area contributed by atoms with Gasteiger partial charge in [0.2, 0.25) is 0 Å². The second-order valence-corrected chi connectivity index (χ2v) is 3.48. The van der Waals surface area contributed by atoms with Crippen molar-refractivity contribution in [3.63, 3.8) is 0 Å². The molecule has 0 radical (unpaired) electrons. The van der Waals surface area contributed by atoms with Crippen LogP contribution in [0.5, 0.6) is 0 Å². The molecule has 0 aromatic heterocycles. The van der Waals surface area contributed by atoms with Gasteiger partial charge >= 0.3 is 0 Å². The van der Waals surface area contributed by atoms with Gasteiger partial charge < -0.3 is 10.1 Å². The third-order valence-corrected chi connectivity index (χ3v) is 2.26. The van der Waals surface area contributed by atoms with Crippen molar-refractivity contribution in [3.8, 4) is 0 Å². The molecule has 0 amide bonds. The summed E-state index contributed by atoms with van der Waals surface area (Å²) in [6.45, 7) is 4.24. The van der Waals surface area contributed by atoms with Crippen LogP contribution >= 0.6 is 0 Å². The molecule has 0 spiro atoms. The molecule has 1 saturated carbocycles. The van der Waals surface area contributed by atoms with Crippen LogP contribution in [0.15, 0.2) is 0 Å². The van der Waals surface area contributed by atoms with Gasteiger partial charge in [0.15, 0.2) is 0 Å². The van der Waals surface area contributed by atoms with E-state index in [9.17, 15) is 0 Å². The minimum Gasteiger partial charge on any atom is -0.380 e. The largest absolute Gasteiger partial charge is 0.380 e. The zero-order valence-electron chi connectivity index (χ0n) is 7.60. The predicted octanol–water partition coefficient (Wildman–Crippen LogP) is 1.41. The molecular formula is C9H19NO. The van der Waals surface area contributed by atoms with E-state index in [1.807, 2.05) is 0 Å². The van der Waals surface area contributed by atoms with E-state index in [0.29, 0.717) is 6.10 Å². The second-order valence-electron chi connectivity index (χ2n) is 3.48. The highest BCUT2D eigenvalue weighted by atomic mass is 16.5. The Balaban J connectivity index is 1.79. The molecule has 0 bridgehead atoms. The Bertz CT molecular complexity index is 102. The highest BCUT2D eigenvalue weighted by Crippen LogP contribution is 2.31. The fraction of sp³-hybridized carbons (Fsp3) is 1.00. The number of rotatable bonds is 6. The van der Waals surface area contributed by atoms with Crippen molar-refractivity contribution in [1.29, 1.82) is 0 Å².